The summed E-state index contributed by atoms with van der Waals surface area (Å²) in [4.78, 5) is 15.0. The maximum atomic E-state index is 12.9. The van der Waals surface area contributed by atoms with Crippen LogP contribution in [0.15, 0.2) is 54.0 Å². The van der Waals surface area contributed by atoms with E-state index in [1.54, 1.807) is 23.1 Å². The summed E-state index contributed by atoms with van der Waals surface area (Å²) in [7, 11) is 1.49. The lowest BCUT2D eigenvalue weighted by Crippen LogP contribution is -2.27. The molecule has 0 saturated carbocycles. The van der Waals surface area contributed by atoms with Crippen LogP contribution < -0.4 is 9.64 Å². The smallest absolute Gasteiger partial charge is 0.270 e. The van der Waals surface area contributed by atoms with Crippen LogP contribution in [-0.4, -0.2) is 22.4 Å². The van der Waals surface area contributed by atoms with E-state index in [4.69, 9.17) is 17.0 Å². The summed E-state index contributed by atoms with van der Waals surface area (Å²) in [6.45, 7) is 5.68. The molecule has 4 nitrogen and oxygen atoms in total. The van der Waals surface area contributed by atoms with Gasteiger partial charge in [-0.2, -0.15) is 0 Å². The van der Waals surface area contributed by atoms with Crippen LogP contribution in [0.5, 0.6) is 11.5 Å². The van der Waals surface area contributed by atoms with Crippen molar-refractivity contribution in [3.8, 4) is 11.5 Å². The highest BCUT2D eigenvalue weighted by atomic mass is 32.2. The van der Waals surface area contributed by atoms with Gasteiger partial charge in [-0.05, 0) is 54.8 Å². The highest BCUT2D eigenvalue weighted by Gasteiger charge is 2.33. The zero-order valence-electron chi connectivity index (χ0n) is 15.1. The van der Waals surface area contributed by atoms with Crippen molar-refractivity contribution in [3.05, 3.63) is 70.6 Å². The normalized spacial score (nSPS) is 15.5. The molecule has 0 atom stereocenters. The number of benzene rings is 2. The van der Waals surface area contributed by atoms with E-state index in [-0.39, 0.29) is 11.7 Å². The number of anilines is 1. The molecule has 0 aromatic heterocycles. The molecule has 3 rings (SSSR count). The highest BCUT2D eigenvalue weighted by molar-refractivity contribution is 8.27. The van der Waals surface area contributed by atoms with Gasteiger partial charge in [0.2, 0.25) is 0 Å². The highest BCUT2D eigenvalue weighted by Crippen LogP contribution is 2.38. The summed E-state index contributed by atoms with van der Waals surface area (Å²) in [5, 5.41) is 10.2. The maximum Gasteiger partial charge on any atom is 0.270 e. The van der Waals surface area contributed by atoms with E-state index in [9.17, 15) is 9.90 Å². The van der Waals surface area contributed by atoms with Crippen LogP contribution in [0.4, 0.5) is 5.69 Å². The SMILES string of the molecule is C=CCc1cc(/C=C2\SC(=S)N(c3cccc(C)c3)C2=O)cc(OC)c1O. The molecular weight excluding hydrogens is 378 g/mol. The van der Waals surface area contributed by atoms with Gasteiger partial charge in [0.15, 0.2) is 15.8 Å². The number of phenols is 1. The summed E-state index contributed by atoms with van der Waals surface area (Å²) in [5.74, 6) is 0.282. The molecule has 0 spiro atoms. The predicted octanol–water partition coefficient (Wildman–Crippen LogP) is 4.84. The number of nitrogens with zero attached hydrogens (tertiary/aromatic N) is 1. The van der Waals surface area contributed by atoms with E-state index >= 15 is 0 Å². The first-order valence-corrected chi connectivity index (χ1v) is 9.52. The number of thioether (sulfide) groups is 1. The van der Waals surface area contributed by atoms with Crippen LogP contribution in [0, 0.1) is 6.92 Å². The number of aryl methyl sites for hydroxylation is 1. The first kappa shape index (κ1) is 19.2. The lowest BCUT2D eigenvalue weighted by molar-refractivity contribution is -0.113. The standard InChI is InChI=1S/C21H19NO3S2/c1-4-6-15-10-14(11-17(25-3)19(15)23)12-18-20(24)22(21(26)27-18)16-8-5-7-13(2)9-16/h4-5,7-12,23H,1,6H2,2-3H3/b18-12-. The molecule has 1 aliphatic rings. The van der Waals surface area contributed by atoms with E-state index in [1.165, 1.54) is 18.9 Å². The van der Waals surface area contributed by atoms with Crippen molar-refractivity contribution in [2.75, 3.05) is 12.0 Å². The second-order valence-electron chi connectivity index (χ2n) is 6.08. The number of carbonyl (C=O) groups is 1. The fraction of sp³-hybridized carbons (Fsp3) is 0.143. The van der Waals surface area contributed by atoms with Crippen LogP contribution in [0.2, 0.25) is 0 Å². The molecule has 2 aromatic carbocycles. The van der Waals surface area contributed by atoms with Gasteiger partial charge in [0.1, 0.15) is 0 Å². The van der Waals surface area contributed by atoms with E-state index in [0.29, 0.717) is 27.0 Å². The first-order chi connectivity index (χ1) is 12.9. The minimum Gasteiger partial charge on any atom is -0.504 e. The summed E-state index contributed by atoms with van der Waals surface area (Å²) < 4.78 is 5.74. The van der Waals surface area contributed by atoms with Gasteiger partial charge in [-0.25, -0.2) is 0 Å². The van der Waals surface area contributed by atoms with E-state index < -0.39 is 0 Å². The Balaban J connectivity index is 1.98. The third kappa shape index (κ3) is 3.91. The zero-order chi connectivity index (χ0) is 19.6. The number of hydrogen-bond donors (Lipinski definition) is 1. The van der Waals surface area contributed by atoms with Crippen molar-refractivity contribution in [2.24, 2.45) is 0 Å². The van der Waals surface area contributed by atoms with Crippen LogP contribution in [0.25, 0.3) is 6.08 Å². The Hall–Kier alpha value is -2.57. The summed E-state index contributed by atoms with van der Waals surface area (Å²) in [5.41, 5.74) is 3.26. The number of aromatic hydroxyl groups is 1. The van der Waals surface area contributed by atoms with Crippen molar-refractivity contribution in [2.45, 2.75) is 13.3 Å². The van der Waals surface area contributed by atoms with Gasteiger partial charge in [0.25, 0.3) is 5.91 Å². The predicted molar refractivity (Wildman–Crippen MR) is 115 cm³/mol. The van der Waals surface area contributed by atoms with Gasteiger partial charge in [-0.15, -0.1) is 6.58 Å². The molecule has 2 aromatic rings. The number of ether oxygens (including phenoxy) is 1. The molecular formula is C21H19NO3S2. The molecule has 0 aliphatic carbocycles. The molecule has 27 heavy (non-hydrogen) atoms. The van der Waals surface area contributed by atoms with Gasteiger partial charge in [0, 0.05) is 5.56 Å². The number of phenolic OH excluding ortho intramolecular Hbond substituents is 1. The quantitative estimate of drug-likeness (QED) is 0.444. The van der Waals surface area contributed by atoms with Crippen molar-refractivity contribution in [1.29, 1.82) is 0 Å². The number of thiocarbonyl (C=S) groups is 1. The van der Waals surface area contributed by atoms with Crippen molar-refractivity contribution >= 4 is 46.0 Å². The Morgan fingerprint density at radius 3 is 2.78 bits per heavy atom. The molecule has 0 radical (unpaired) electrons. The van der Waals surface area contributed by atoms with E-state index in [2.05, 4.69) is 6.58 Å². The second-order valence-corrected chi connectivity index (χ2v) is 7.76. The third-order valence-corrected chi connectivity index (χ3v) is 5.41. The Kier molecular flexibility index (Phi) is 5.68. The molecule has 1 fully saturated rings. The zero-order valence-corrected chi connectivity index (χ0v) is 16.7. The van der Waals surface area contributed by atoms with Gasteiger partial charge >= 0.3 is 0 Å². The summed E-state index contributed by atoms with van der Waals surface area (Å²) in [6.07, 6.45) is 3.97. The van der Waals surface area contributed by atoms with Gasteiger partial charge in [-0.3, -0.25) is 9.69 Å². The van der Waals surface area contributed by atoms with E-state index in [0.717, 1.165) is 16.8 Å². The molecule has 1 N–H and O–H groups in total. The van der Waals surface area contributed by atoms with Crippen molar-refractivity contribution < 1.29 is 14.6 Å². The number of carbonyl (C=O) groups excluding carboxylic acids is 1. The number of rotatable bonds is 5. The second kappa shape index (κ2) is 7.98. The molecule has 1 saturated heterocycles. The van der Waals surface area contributed by atoms with E-state index in [1.807, 2.05) is 37.3 Å². The first-order valence-electron chi connectivity index (χ1n) is 8.30. The van der Waals surface area contributed by atoms with Crippen LogP contribution in [0.3, 0.4) is 0 Å². The fourth-order valence-corrected chi connectivity index (χ4v) is 4.15. The number of methoxy groups -OCH3 is 1. The monoisotopic (exact) mass is 397 g/mol. The minimum atomic E-state index is -0.159. The number of allylic oxidation sites excluding steroid dienone is 1. The lowest BCUT2D eigenvalue weighted by atomic mass is 10.1. The number of amides is 1. The van der Waals surface area contributed by atoms with Gasteiger partial charge in [-0.1, -0.05) is 42.2 Å². The van der Waals surface area contributed by atoms with Gasteiger partial charge in [0.05, 0.1) is 17.7 Å². The molecule has 1 amide bonds. The summed E-state index contributed by atoms with van der Waals surface area (Å²) in [6, 6.07) is 11.2. The largest absolute Gasteiger partial charge is 0.504 e. The Bertz CT molecular complexity index is 966. The molecule has 1 heterocycles. The minimum absolute atomic E-state index is 0.0851. The molecule has 0 unspecified atom stereocenters. The van der Waals surface area contributed by atoms with Crippen LogP contribution in [0.1, 0.15) is 16.7 Å². The van der Waals surface area contributed by atoms with Crippen molar-refractivity contribution in [3.63, 3.8) is 0 Å². The molecule has 0 bridgehead atoms. The maximum absolute atomic E-state index is 12.9. The number of hydrogen-bond acceptors (Lipinski definition) is 5. The third-order valence-electron chi connectivity index (χ3n) is 4.11. The Morgan fingerprint density at radius 2 is 2.11 bits per heavy atom. The van der Waals surface area contributed by atoms with Crippen molar-refractivity contribution in [1.82, 2.24) is 0 Å². The average molecular weight is 398 g/mol. The molecule has 1 aliphatic heterocycles. The van der Waals surface area contributed by atoms with Crippen LogP contribution >= 0.6 is 24.0 Å². The topological polar surface area (TPSA) is 49.8 Å². The lowest BCUT2D eigenvalue weighted by Gasteiger charge is -2.14. The van der Waals surface area contributed by atoms with Gasteiger partial charge < -0.3 is 9.84 Å². The summed E-state index contributed by atoms with van der Waals surface area (Å²) >= 11 is 6.68. The van der Waals surface area contributed by atoms with Crippen LogP contribution in [-0.2, 0) is 11.2 Å². The average Bonchev–Trinajstić information content (AvgIpc) is 2.91. The molecule has 138 valence electrons. The Labute approximate surface area is 168 Å². The Morgan fingerprint density at radius 1 is 1.33 bits per heavy atom. The fourth-order valence-electron chi connectivity index (χ4n) is 2.85. The molecule has 6 heteroatoms.